The molecule has 4 aromatic heterocycles. The molecule has 2 bridgehead atoms. The molecule has 0 aromatic carbocycles. The number of likely N-dealkylation sites (N-methyl/N-ethyl adjacent to an activating group) is 1. The van der Waals surface area contributed by atoms with Gasteiger partial charge in [-0.15, -0.1) is 5.10 Å². The molecule has 10 nitrogen and oxygen atoms in total. The fourth-order valence-corrected chi connectivity index (χ4v) is 4.42. The molecule has 178 valence electrons. The third-order valence-corrected chi connectivity index (χ3v) is 6.09. The van der Waals surface area contributed by atoms with Crippen molar-refractivity contribution in [2.45, 2.75) is 33.9 Å². The van der Waals surface area contributed by atoms with Crippen molar-refractivity contribution < 1.29 is 9.47 Å². The van der Waals surface area contributed by atoms with Crippen LogP contribution in [0.15, 0.2) is 12.3 Å². The second kappa shape index (κ2) is 8.94. The number of aryl methyl sites for hydroxylation is 3. The van der Waals surface area contributed by atoms with Gasteiger partial charge in [0, 0.05) is 32.1 Å². The minimum absolute atomic E-state index is 0.519. The normalized spacial score (nSPS) is 15.4. The highest BCUT2D eigenvalue weighted by Gasteiger charge is 2.21. The van der Waals surface area contributed by atoms with E-state index in [1.165, 1.54) is 0 Å². The van der Waals surface area contributed by atoms with Crippen molar-refractivity contribution in [3.05, 3.63) is 34.9 Å². The van der Waals surface area contributed by atoms with Crippen LogP contribution < -0.4 is 9.47 Å². The van der Waals surface area contributed by atoms with Crippen LogP contribution in [-0.2, 0) is 20.1 Å². The van der Waals surface area contributed by atoms with Gasteiger partial charge in [0.15, 0.2) is 0 Å². The lowest BCUT2D eigenvalue weighted by atomic mass is 10.1. The Kier molecular flexibility index (Phi) is 5.82. The first-order valence-electron chi connectivity index (χ1n) is 11.6. The second-order valence-electron chi connectivity index (χ2n) is 8.45. The molecule has 0 saturated heterocycles. The largest absolute Gasteiger partial charge is 0.476 e. The second-order valence-corrected chi connectivity index (χ2v) is 8.45. The van der Waals surface area contributed by atoms with E-state index in [1.54, 1.807) is 4.68 Å². The molecule has 0 atom stereocenters. The first kappa shape index (κ1) is 22.1. The molecule has 0 aliphatic carbocycles. The van der Waals surface area contributed by atoms with Gasteiger partial charge in [0.1, 0.15) is 6.61 Å². The number of aromatic nitrogens is 7. The summed E-state index contributed by atoms with van der Waals surface area (Å²) >= 11 is 0. The van der Waals surface area contributed by atoms with E-state index in [1.807, 2.05) is 43.9 Å². The molecular formula is C24H30N8O2. The maximum Gasteiger partial charge on any atom is 0.240 e. The molecule has 0 saturated carbocycles. The third kappa shape index (κ3) is 3.83. The van der Waals surface area contributed by atoms with Crippen molar-refractivity contribution in [1.29, 1.82) is 0 Å². The van der Waals surface area contributed by atoms with Crippen molar-refractivity contribution in [3.63, 3.8) is 0 Å². The summed E-state index contributed by atoms with van der Waals surface area (Å²) in [7, 11) is 3.98. The first-order valence-corrected chi connectivity index (χ1v) is 11.6. The quantitative estimate of drug-likeness (QED) is 0.499. The van der Waals surface area contributed by atoms with Gasteiger partial charge < -0.3 is 9.47 Å². The molecule has 10 heteroatoms. The fraction of sp³-hybridized carbons (Fsp3) is 0.417. The predicted octanol–water partition coefficient (Wildman–Crippen LogP) is 3.28. The van der Waals surface area contributed by atoms with E-state index < -0.39 is 0 Å². The molecule has 1 N–H and O–H groups in total. The van der Waals surface area contributed by atoms with E-state index in [2.05, 4.69) is 45.2 Å². The molecular weight excluding hydrogens is 432 g/mol. The standard InChI is InChI=1S/C24H30N8O2/c1-6-32-21-14-30(4)10-11-34-24-22(15(3)28-31(24)5)19-12-17-18(26-27-20(17)13-25-19)9-8-16(21)23(29-32)33-7-2/h8-9,12-13H,6-7,10-11,14H2,1-5H3,(H,26,27)/b9-8+. The molecule has 0 unspecified atom stereocenters. The Labute approximate surface area is 198 Å². The average molecular weight is 463 g/mol. The van der Waals surface area contributed by atoms with Crippen molar-refractivity contribution in [2.75, 3.05) is 26.8 Å². The summed E-state index contributed by atoms with van der Waals surface area (Å²) in [5, 5.41) is 17.9. The van der Waals surface area contributed by atoms with E-state index in [0.29, 0.717) is 31.5 Å². The lowest BCUT2D eigenvalue weighted by Gasteiger charge is -2.18. The van der Waals surface area contributed by atoms with Crippen LogP contribution in [-0.4, -0.2) is 66.4 Å². The van der Waals surface area contributed by atoms with Crippen LogP contribution in [0.2, 0.25) is 0 Å². The van der Waals surface area contributed by atoms with Crippen LogP contribution in [0.1, 0.15) is 36.5 Å². The molecule has 34 heavy (non-hydrogen) atoms. The van der Waals surface area contributed by atoms with Crippen LogP contribution in [0.25, 0.3) is 34.3 Å². The van der Waals surface area contributed by atoms with Crippen LogP contribution in [0, 0.1) is 6.92 Å². The van der Waals surface area contributed by atoms with Gasteiger partial charge in [-0.1, -0.05) is 0 Å². The Morgan fingerprint density at radius 2 is 2.03 bits per heavy atom. The summed E-state index contributed by atoms with van der Waals surface area (Å²) in [6.07, 6.45) is 5.88. The van der Waals surface area contributed by atoms with Crippen molar-refractivity contribution in [2.24, 2.45) is 7.05 Å². The molecule has 4 aromatic rings. The highest BCUT2D eigenvalue weighted by Crippen LogP contribution is 2.34. The lowest BCUT2D eigenvalue weighted by molar-refractivity contribution is 0.218. The summed E-state index contributed by atoms with van der Waals surface area (Å²) in [5.74, 6) is 1.35. The summed E-state index contributed by atoms with van der Waals surface area (Å²) in [5.41, 5.74) is 6.34. The number of pyridine rings is 1. The van der Waals surface area contributed by atoms with Gasteiger partial charge >= 0.3 is 0 Å². The monoisotopic (exact) mass is 462 g/mol. The van der Waals surface area contributed by atoms with E-state index in [4.69, 9.17) is 14.6 Å². The van der Waals surface area contributed by atoms with Crippen molar-refractivity contribution in [3.8, 4) is 23.0 Å². The number of fused-ring (bicyclic) bond motifs is 4. The minimum atomic E-state index is 0.519. The number of hydrogen-bond donors (Lipinski definition) is 1. The predicted molar refractivity (Wildman–Crippen MR) is 131 cm³/mol. The zero-order valence-electron chi connectivity index (χ0n) is 20.3. The number of nitrogens with zero attached hydrogens (tertiary/aromatic N) is 7. The maximum absolute atomic E-state index is 6.25. The Balaban J connectivity index is 1.69. The molecule has 0 spiro atoms. The zero-order valence-corrected chi connectivity index (χ0v) is 20.3. The number of aromatic amines is 1. The number of rotatable bonds is 3. The fourth-order valence-electron chi connectivity index (χ4n) is 4.42. The molecule has 1 aliphatic rings. The van der Waals surface area contributed by atoms with Gasteiger partial charge in [0.2, 0.25) is 11.8 Å². The Morgan fingerprint density at radius 1 is 1.18 bits per heavy atom. The van der Waals surface area contributed by atoms with E-state index in [-0.39, 0.29) is 0 Å². The van der Waals surface area contributed by atoms with Crippen LogP contribution in [0.4, 0.5) is 0 Å². The average Bonchev–Trinajstić information content (AvgIpc) is 3.45. The highest BCUT2D eigenvalue weighted by molar-refractivity contribution is 5.92. The van der Waals surface area contributed by atoms with E-state index in [0.717, 1.165) is 57.9 Å². The van der Waals surface area contributed by atoms with E-state index in [9.17, 15) is 0 Å². The van der Waals surface area contributed by atoms with Gasteiger partial charge in [-0.05, 0) is 46.0 Å². The molecule has 5 rings (SSSR count). The third-order valence-electron chi connectivity index (χ3n) is 6.09. The van der Waals surface area contributed by atoms with Crippen LogP contribution in [0.5, 0.6) is 11.8 Å². The summed E-state index contributed by atoms with van der Waals surface area (Å²) in [4.78, 5) is 6.90. The summed E-state index contributed by atoms with van der Waals surface area (Å²) in [6.45, 7) is 9.31. The summed E-state index contributed by atoms with van der Waals surface area (Å²) < 4.78 is 15.9. The molecule has 0 fully saturated rings. The lowest BCUT2D eigenvalue weighted by Crippen LogP contribution is -2.26. The number of hydrogen-bond acceptors (Lipinski definition) is 7. The van der Waals surface area contributed by atoms with Crippen molar-refractivity contribution >= 4 is 23.1 Å². The Hall–Kier alpha value is -3.66. The SMILES string of the molecule is CCOc1nn(CC)c2c1/C=C/c1n[nH]c3cnc(cc13)-c1c(C)nn(C)c1OCCN(C)C2. The van der Waals surface area contributed by atoms with Gasteiger partial charge in [-0.3, -0.25) is 19.7 Å². The highest BCUT2D eigenvalue weighted by atomic mass is 16.5. The molecule has 0 amide bonds. The Bertz CT molecular complexity index is 1360. The number of ether oxygens (including phenoxy) is 2. The smallest absolute Gasteiger partial charge is 0.240 e. The summed E-state index contributed by atoms with van der Waals surface area (Å²) in [6, 6.07) is 2.04. The van der Waals surface area contributed by atoms with Gasteiger partial charge in [0.25, 0.3) is 0 Å². The van der Waals surface area contributed by atoms with Gasteiger partial charge in [-0.25, -0.2) is 4.68 Å². The molecule has 5 heterocycles. The molecule has 0 radical (unpaired) electrons. The maximum atomic E-state index is 6.25. The van der Waals surface area contributed by atoms with Gasteiger partial charge in [-0.2, -0.15) is 10.2 Å². The topological polar surface area (TPSA) is 98.9 Å². The first-order chi connectivity index (χ1) is 16.5. The number of H-pyrrole nitrogens is 1. The Morgan fingerprint density at radius 3 is 2.82 bits per heavy atom. The van der Waals surface area contributed by atoms with Crippen LogP contribution in [0.3, 0.4) is 0 Å². The molecule has 1 aliphatic heterocycles. The van der Waals surface area contributed by atoms with Gasteiger partial charge in [0.05, 0.1) is 52.2 Å². The minimum Gasteiger partial charge on any atom is -0.476 e. The van der Waals surface area contributed by atoms with Crippen LogP contribution >= 0.6 is 0 Å². The number of nitrogens with one attached hydrogen (secondary N) is 1. The van der Waals surface area contributed by atoms with Crippen molar-refractivity contribution in [1.82, 2.24) is 39.6 Å². The zero-order chi connectivity index (χ0) is 23.8. The van der Waals surface area contributed by atoms with E-state index >= 15 is 0 Å².